The highest BCUT2D eigenvalue weighted by atomic mass is 15.1. The van der Waals surface area contributed by atoms with Crippen LogP contribution in [0.4, 0.5) is 5.69 Å². The molecule has 0 atom stereocenters. The minimum atomic E-state index is 0.459. The second-order valence-electron chi connectivity index (χ2n) is 4.01. The van der Waals surface area contributed by atoms with Crippen molar-refractivity contribution in [3.63, 3.8) is 0 Å². The van der Waals surface area contributed by atoms with E-state index in [1.807, 2.05) is 36.7 Å². The van der Waals surface area contributed by atoms with Crippen LogP contribution >= 0.6 is 0 Å². The van der Waals surface area contributed by atoms with E-state index in [0.717, 1.165) is 23.6 Å². The van der Waals surface area contributed by atoms with Gasteiger partial charge in [0, 0.05) is 24.6 Å². The summed E-state index contributed by atoms with van der Waals surface area (Å²) in [5.74, 6) is 1.03. The van der Waals surface area contributed by atoms with Gasteiger partial charge in [-0.2, -0.15) is 5.26 Å². The highest BCUT2D eigenvalue weighted by Gasteiger charge is 2.00. The van der Waals surface area contributed by atoms with Crippen LogP contribution in [0.15, 0.2) is 36.7 Å². The van der Waals surface area contributed by atoms with Gasteiger partial charge < -0.3 is 9.88 Å². The fraction of sp³-hybridized carbons (Fsp3) is 0.286. The second-order valence-corrected chi connectivity index (χ2v) is 4.01. The zero-order valence-corrected chi connectivity index (χ0v) is 10.4. The van der Waals surface area contributed by atoms with Gasteiger partial charge in [-0.1, -0.05) is 12.1 Å². The molecule has 0 spiro atoms. The summed E-state index contributed by atoms with van der Waals surface area (Å²) in [4.78, 5) is 4.31. The third-order valence-electron chi connectivity index (χ3n) is 2.83. The number of rotatable bonds is 5. The molecule has 1 aromatic heterocycles. The maximum Gasteiger partial charge on any atom is 0.128 e. The van der Waals surface area contributed by atoms with Crippen LogP contribution in [0.1, 0.15) is 18.3 Å². The number of hydrogen-bond acceptors (Lipinski definition) is 3. The molecule has 0 saturated carbocycles. The molecular formula is C14H16N4. The molecule has 0 saturated heterocycles. The molecule has 0 radical (unpaired) electrons. The van der Waals surface area contributed by atoms with Crippen LogP contribution in [0.2, 0.25) is 0 Å². The first-order valence-corrected chi connectivity index (χ1v) is 6.03. The van der Waals surface area contributed by atoms with Crippen LogP contribution < -0.4 is 5.32 Å². The fourth-order valence-electron chi connectivity index (χ4n) is 1.81. The maximum absolute atomic E-state index is 8.60. The Balaban J connectivity index is 1.96. The summed E-state index contributed by atoms with van der Waals surface area (Å²) in [5, 5.41) is 11.9. The number of nitrogens with zero attached hydrogens (tertiary/aromatic N) is 3. The van der Waals surface area contributed by atoms with E-state index in [4.69, 9.17) is 5.26 Å². The molecule has 1 aromatic carbocycles. The quantitative estimate of drug-likeness (QED) is 0.874. The van der Waals surface area contributed by atoms with Crippen LogP contribution in [0, 0.1) is 11.3 Å². The molecule has 0 amide bonds. The number of hydrogen-bond donors (Lipinski definition) is 1. The van der Waals surface area contributed by atoms with Gasteiger partial charge in [0.1, 0.15) is 5.82 Å². The summed E-state index contributed by atoms with van der Waals surface area (Å²) in [6.45, 7) is 3.73. The van der Waals surface area contributed by atoms with Crippen LogP contribution in [0.5, 0.6) is 0 Å². The number of nitriles is 1. The standard InChI is InChI=1S/C14H16N4/c1-2-18-10-9-16-14(18)11-17-13-5-3-12(4-6-13)7-8-15/h3-6,9-10,17H,2,7,11H2,1H3. The Morgan fingerprint density at radius 2 is 2.11 bits per heavy atom. The van der Waals surface area contributed by atoms with Gasteiger partial charge in [0.2, 0.25) is 0 Å². The van der Waals surface area contributed by atoms with E-state index in [1.165, 1.54) is 0 Å². The van der Waals surface area contributed by atoms with Crippen molar-refractivity contribution < 1.29 is 0 Å². The minimum absolute atomic E-state index is 0.459. The summed E-state index contributed by atoms with van der Waals surface area (Å²) >= 11 is 0. The van der Waals surface area contributed by atoms with Crippen LogP contribution in [-0.4, -0.2) is 9.55 Å². The van der Waals surface area contributed by atoms with Crippen molar-refractivity contribution in [3.8, 4) is 6.07 Å². The molecule has 18 heavy (non-hydrogen) atoms. The van der Waals surface area contributed by atoms with Gasteiger partial charge in [-0.15, -0.1) is 0 Å². The van der Waals surface area contributed by atoms with Crippen LogP contribution in [0.3, 0.4) is 0 Å². The summed E-state index contributed by atoms with van der Waals surface area (Å²) in [5.41, 5.74) is 2.08. The summed E-state index contributed by atoms with van der Waals surface area (Å²) in [7, 11) is 0. The summed E-state index contributed by atoms with van der Waals surface area (Å²) in [6.07, 6.45) is 4.25. The lowest BCUT2D eigenvalue weighted by Crippen LogP contribution is -2.07. The smallest absolute Gasteiger partial charge is 0.128 e. The van der Waals surface area contributed by atoms with Crippen LogP contribution in [0.25, 0.3) is 0 Å². The lowest BCUT2D eigenvalue weighted by molar-refractivity contribution is 0.708. The van der Waals surface area contributed by atoms with Gasteiger partial charge in [-0.05, 0) is 24.6 Å². The molecule has 4 nitrogen and oxygen atoms in total. The molecule has 4 heteroatoms. The monoisotopic (exact) mass is 240 g/mol. The molecule has 0 fully saturated rings. The number of nitrogens with one attached hydrogen (secondary N) is 1. The topological polar surface area (TPSA) is 53.6 Å². The lowest BCUT2D eigenvalue weighted by atomic mass is 10.1. The zero-order chi connectivity index (χ0) is 12.8. The minimum Gasteiger partial charge on any atom is -0.378 e. The number of imidazole rings is 1. The van der Waals surface area contributed by atoms with E-state index in [9.17, 15) is 0 Å². The predicted octanol–water partition coefficient (Wildman–Crippen LogP) is 2.58. The summed E-state index contributed by atoms with van der Waals surface area (Å²) in [6, 6.07) is 10.1. The van der Waals surface area contributed by atoms with Gasteiger partial charge in [0.05, 0.1) is 19.0 Å². The van der Waals surface area contributed by atoms with Gasteiger partial charge in [-0.25, -0.2) is 4.98 Å². The Morgan fingerprint density at radius 3 is 2.78 bits per heavy atom. The van der Waals surface area contributed by atoms with Crippen molar-refractivity contribution in [2.45, 2.75) is 26.4 Å². The molecule has 0 unspecified atom stereocenters. The molecular weight excluding hydrogens is 224 g/mol. The largest absolute Gasteiger partial charge is 0.378 e. The highest BCUT2D eigenvalue weighted by Crippen LogP contribution is 2.11. The van der Waals surface area contributed by atoms with Gasteiger partial charge in [-0.3, -0.25) is 0 Å². The van der Waals surface area contributed by atoms with Crippen molar-refractivity contribution in [1.29, 1.82) is 5.26 Å². The molecule has 2 aromatic rings. The van der Waals surface area contributed by atoms with E-state index in [1.54, 1.807) is 0 Å². The Bertz CT molecular complexity index is 534. The first-order valence-electron chi connectivity index (χ1n) is 6.03. The van der Waals surface area contributed by atoms with E-state index in [2.05, 4.69) is 27.9 Å². The highest BCUT2D eigenvalue weighted by molar-refractivity contribution is 5.45. The average Bonchev–Trinajstić information content (AvgIpc) is 2.86. The zero-order valence-electron chi connectivity index (χ0n) is 10.4. The third kappa shape index (κ3) is 2.89. The molecule has 0 aliphatic heterocycles. The van der Waals surface area contributed by atoms with Crippen molar-refractivity contribution in [3.05, 3.63) is 48.0 Å². The number of anilines is 1. The molecule has 92 valence electrons. The van der Waals surface area contributed by atoms with E-state index < -0.39 is 0 Å². The molecule has 2 rings (SSSR count). The Labute approximate surface area is 107 Å². The molecule has 0 aliphatic carbocycles. The predicted molar refractivity (Wildman–Crippen MR) is 71.0 cm³/mol. The van der Waals surface area contributed by atoms with E-state index >= 15 is 0 Å². The Morgan fingerprint density at radius 1 is 1.33 bits per heavy atom. The number of aryl methyl sites for hydroxylation is 1. The lowest BCUT2D eigenvalue weighted by Gasteiger charge is -2.08. The van der Waals surface area contributed by atoms with Crippen molar-refractivity contribution in [2.24, 2.45) is 0 Å². The van der Waals surface area contributed by atoms with Gasteiger partial charge in [0.15, 0.2) is 0 Å². The number of benzene rings is 1. The van der Waals surface area contributed by atoms with Crippen molar-refractivity contribution in [2.75, 3.05) is 5.32 Å². The van der Waals surface area contributed by atoms with Crippen molar-refractivity contribution >= 4 is 5.69 Å². The van der Waals surface area contributed by atoms with Gasteiger partial charge in [0.25, 0.3) is 0 Å². The first kappa shape index (κ1) is 12.2. The molecule has 1 heterocycles. The second kappa shape index (κ2) is 5.87. The summed E-state index contributed by atoms with van der Waals surface area (Å²) < 4.78 is 2.11. The average molecular weight is 240 g/mol. The van der Waals surface area contributed by atoms with E-state index in [-0.39, 0.29) is 0 Å². The first-order chi connectivity index (χ1) is 8.83. The Hall–Kier alpha value is -2.28. The normalized spacial score (nSPS) is 10.0. The van der Waals surface area contributed by atoms with Gasteiger partial charge >= 0.3 is 0 Å². The maximum atomic E-state index is 8.60. The Kier molecular flexibility index (Phi) is 3.98. The SMILES string of the molecule is CCn1ccnc1CNc1ccc(CC#N)cc1. The fourth-order valence-corrected chi connectivity index (χ4v) is 1.81. The molecule has 1 N–H and O–H groups in total. The number of aromatic nitrogens is 2. The third-order valence-corrected chi connectivity index (χ3v) is 2.83. The van der Waals surface area contributed by atoms with Crippen LogP contribution in [-0.2, 0) is 19.5 Å². The molecule has 0 bridgehead atoms. The van der Waals surface area contributed by atoms with E-state index in [0.29, 0.717) is 13.0 Å². The van der Waals surface area contributed by atoms with Crippen molar-refractivity contribution in [1.82, 2.24) is 9.55 Å². The molecule has 0 aliphatic rings.